The molecule has 0 radical (unpaired) electrons. The topological polar surface area (TPSA) is 9.86 Å². The summed E-state index contributed by atoms with van der Waals surface area (Å²) in [5.74, 6) is 0. The van der Waals surface area contributed by atoms with E-state index in [0.717, 1.165) is 11.4 Å². The molecule has 0 amide bonds. The van der Waals surface area contributed by atoms with Crippen molar-refractivity contribution < 1.29 is 0 Å². The van der Waals surface area contributed by atoms with E-state index in [1.165, 1.54) is 121 Å². The minimum absolute atomic E-state index is 1.14. The third kappa shape index (κ3) is 5.08. The number of hydrogen-bond donors (Lipinski definition) is 0. The monoisotopic (exact) mass is 810 g/mol. The summed E-state index contributed by atoms with van der Waals surface area (Å²) < 4.78 is 4.89. The zero-order valence-electron chi connectivity index (χ0n) is 34.8. The molecule has 0 atom stereocenters. The van der Waals surface area contributed by atoms with Gasteiger partial charge >= 0.3 is 0 Å². The lowest BCUT2D eigenvalue weighted by atomic mass is 9.92. The summed E-state index contributed by atoms with van der Waals surface area (Å²) in [6, 6.07) is 85.2. The average Bonchev–Trinajstić information content (AvgIpc) is 4.00. The minimum Gasteiger partial charge on any atom is -0.309 e. The van der Waals surface area contributed by atoms with E-state index in [0.29, 0.717) is 0 Å². The quantitative estimate of drug-likeness (QED) is 0.164. The van der Waals surface area contributed by atoms with Crippen LogP contribution in [0, 0.1) is 0 Å². The molecule has 0 bridgehead atoms. The van der Waals surface area contributed by atoms with Crippen molar-refractivity contribution in [3.05, 3.63) is 231 Å². The molecule has 2 nitrogen and oxygen atoms in total. The zero-order valence-corrected chi connectivity index (χ0v) is 34.8. The second-order valence-corrected chi connectivity index (χ2v) is 17.2. The highest BCUT2D eigenvalue weighted by molar-refractivity contribution is 6.20. The van der Waals surface area contributed by atoms with Gasteiger partial charge in [-0.15, -0.1) is 0 Å². The van der Waals surface area contributed by atoms with E-state index in [2.05, 4.69) is 240 Å². The molecule has 14 rings (SSSR count). The molecule has 2 aromatic heterocycles. The van der Waals surface area contributed by atoms with Crippen molar-refractivity contribution in [2.24, 2.45) is 0 Å². The van der Waals surface area contributed by atoms with Crippen LogP contribution in [0.2, 0.25) is 0 Å². The molecule has 64 heavy (non-hydrogen) atoms. The summed E-state index contributed by atoms with van der Waals surface area (Å²) >= 11 is 0. The molecule has 2 heteroatoms. The Bertz CT molecular complexity index is 4040. The Morgan fingerprint density at radius 1 is 0.234 bits per heavy atom. The van der Waals surface area contributed by atoms with E-state index in [4.69, 9.17) is 0 Å². The van der Waals surface area contributed by atoms with E-state index < -0.39 is 0 Å². The lowest BCUT2D eigenvalue weighted by molar-refractivity contribution is 1.18. The van der Waals surface area contributed by atoms with E-state index in [9.17, 15) is 0 Å². The van der Waals surface area contributed by atoms with E-state index in [1.807, 2.05) is 0 Å². The predicted molar refractivity (Wildman–Crippen MR) is 271 cm³/mol. The van der Waals surface area contributed by atoms with Crippen molar-refractivity contribution in [1.82, 2.24) is 9.13 Å². The van der Waals surface area contributed by atoms with E-state index >= 15 is 0 Å². The lowest BCUT2D eigenvalue weighted by Crippen LogP contribution is -1.95. The van der Waals surface area contributed by atoms with Gasteiger partial charge in [0.25, 0.3) is 0 Å². The van der Waals surface area contributed by atoms with Gasteiger partial charge in [-0.25, -0.2) is 0 Å². The highest BCUT2D eigenvalue weighted by atomic mass is 15.0. The van der Waals surface area contributed by atoms with Gasteiger partial charge in [0.1, 0.15) is 0 Å². The van der Waals surface area contributed by atoms with Gasteiger partial charge < -0.3 is 9.13 Å². The molecule has 0 spiro atoms. The maximum absolute atomic E-state index is 2.45. The van der Waals surface area contributed by atoms with Crippen molar-refractivity contribution in [3.63, 3.8) is 0 Å². The van der Waals surface area contributed by atoms with Gasteiger partial charge in [-0.2, -0.15) is 0 Å². The first-order valence-corrected chi connectivity index (χ1v) is 22.2. The molecule has 296 valence electrons. The van der Waals surface area contributed by atoms with Gasteiger partial charge in [0.05, 0.1) is 22.1 Å². The first-order chi connectivity index (χ1) is 31.7. The Hall–Kier alpha value is -8.46. The molecular weight excluding hydrogens is 773 g/mol. The Morgan fingerprint density at radius 3 is 1.70 bits per heavy atom. The summed E-state index contributed by atoms with van der Waals surface area (Å²) in [5.41, 5.74) is 19.7. The van der Waals surface area contributed by atoms with Crippen LogP contribution in [0.1, 0.15) is 0 Å². The smallest absolute Gasteiger partial charge is 0.0619 e. The third-order valence-corrected chi connectivity index (χ3v) is 13.8. The van der Waals surface area contributed by atoms with Crippen LogP contribution in [0.25, 0.3) is 132 Å². The third-order valence-electron chi connectivity index (χ3n) is 13.8. The molecule has 1 aliphatic carbocycles. The fraction of sp³-hybridized carbons (Fsp3) is 0. The second-order valence-electron chi connectivity index (χ2n) is 17.2. The molecule has 0 unspecified atom stereocenters. The predicted octanol–water partition coefficient (Wildman–Crippen LogP) is 16.8. The van der Waals surface area contributed by atoms with Gasteiger partial charge in [0, 0.05) is 38.3 Å². The van der Waals surface area contributed by atoms with Gasteiger partial charge in [-0.05, 0) is 126 Å². The molecule has 1 aliphatic rings. The Balaban J connectivity index is 0.885. The van der Waals surface area contributed by atoms with Crippen LogP contribution >= 0.6 is 0 Å². The van der Waals surface area contributed by atoms with Gasteiger partial charge in [0.2, 0.25) is 0 Å². The van der Waals surface area contributed by atoms with Crippen LogP contribution in [-0.4, -0.2) is 9.13 Å². The highest BCUT2D eigenvalue weighted by Crippen LogP contribution is 2.49. The fourth-order valence-corrected chi connectivity index (χ4v) is 11.0. The first-order valence-electron chi connectivity index (χ1n) is 22.2. The van der Waals surface area contributed by atoms with Crippen molar-refractivity contribution in [1.29, 1.82) is 0 Å². The van der Waals surface area contributed by atoms with Crippen LogP contribution in [0.15, 0.2) is 231 Å². The number of hydrogen-bond acceptors (Lipinski definition) is 0. The summed E-state index contributed by atoms with van der Waals surface area (Å²) in [5, 5.41) is 10.2. The molecule has 2 heterocycles. The molecule has 11 aromatic carbocycles. The maximum Gasteiger partial charge on any atom is 0.0619 e. The van der Waals surface area contributed by atoms with Crippen molar-refractivity contribution in [2.45, 2.75) is 0 Å². The summed E-state index contributed by atoms with van der Waals surface area (Å²) in [6.07, 6.45) is 0. The van der Waals surface area contributed by atoms with Crippen molar-refractivity contribution >= 4 is 65.2 Å². The normalized spacial score (nSPS) is 12.1. The molecular formula is C62H38N2. The van der Waals surface area contributed by atoms with E-state index in [1.54, 1.807) is 0 Å². The number of benzene rings is 11. The van der Waals surface area contributed by atoms with Gasteiger partial charge in [-0.1, -0.05) is 176 Å². The minimum atomic E-state index is 1.14. The zero-order chi connectivity index (χ0) is 41.9. The maximum atomic E-state index is 2.45. The highest BCUT2D eigenvalue weighted by Gasteiger charge is 2.23. The number of aromatic nitrogens is 2. The van der Waals surface area contributed by atoms with Gasteiger partial charge in [-0.3, -0.25) is 0 Å². The largest absolute Gasteiger partial charge is 0.309 e. The Kier molecular flexibility index (Phi) is 7.43. The first kappa shape index (κ1) is 35.2. The van der Waals surface area contributed by atoms with Crippen molar-refractivity contribution in [3.8, 4) is 67.0 Å². The standard InChI is InChI=1S/C62H38N2/c1-2-17-45(18-3-1)64-60-38-43(28-30-52(60)56-31-27-39-13-4-5-20-48(39)62(56)64)42-29-34-59-57(37-42)51-23-8-9-26-58(51)63(59)46-19-11-15-41(36-46)40-14-10-16-44(35-40)47-32-33-55-50-22-7-6-21-49(50)54-25-12-24-53(47)61(54)55/h1-38H. The Labute approximate surface area is 370 Å². The van der Waals surface area contributed by atoms with Crippen molar-refractivity contribution in [2.75, 3.05) is 0 Å². The summed E-state index contributed by atoms with van der Waals surface area (Å²) in [6.45, 7) is 0. The van der Waals surface area contributed by atoms with E-state index in [-0.39, 0.29) is 0 Å². The van der Waals surface area contributed by atoms with Crippen LogP contribution in [0.5, 0.6) is 0 Å². The van der Waals surface area contributed by atoms with Crippen LogP contribution in [-0.2, 0) is 0 Å². The Morgan fingerprint density at radius 2 is 0.812 bits per heavy atom. The fourth-order valence-electron chi connectivity index (χ4n) is 11.0. The summed E-state index contributed by atoms with van der Waals surface area (Å²) in [7, 11) is 0. The number of fused-ring (bicyclic) bond motifs is 11. The van der Waals surface area contributed by atoms with Gasteiger partial charge in [0.15, 0.2) is 0 Å². The average molecular weight is 811 g/mol. The number of para-hydroxylation sites is 2. The van der Waals surface area contributed by atoms with Crippen LogP contribution < -0.4 is 0 Å². The van der Waals surface area contributed by atoms with Crippen LogP contribution in [0.3, 0.4) is 0 Å². The molecule has 0 aliphatic heterocycles. The second kappa shape index (κ2) is 13.5. The molecule has 0 saturated heterocycles. The van der Waals surface area contributed by atoms with Crippen LogP contribution in [0.4, 0.5) is 0 Å². The lowest BCUT2D eigenvalue weighted by Gasteiger charge is -2.13. The SMILES string of the molecule is c1ccc(-n2c3cc(-c4ccc5c(c4)c4ccccc4n5-c4cccc(-c5cccc(-c6ccc7c8c(cccc68)-c6ccccc6-7)c5)c4)ccc3c3ccc4ccccc4c32)cc1. The number of nitrogens with zero attached hydrogens (tertiary/aromatic N) is 2. The molecule has 0 fully saturated rings. The molecule has 0 N–H and O–H groups in total. The number of rotatable bonds is 5. The summed E-state index contributed by atoms with van der Waals surface area (Å²) in [4.78, 5) is 0. The molecule has 0 saturated carbocycles. The molecule has 13 aromatic rings.